The number of anilines is 1. The molecule has 0 amide bonds. The van der Waals surface area contributed by atoms with E-state index < -0.39 is 6.04 Å². The first kappa shape index (κ1) is 13.6. The number of hydrogen-bond acceptors (Lipinski definition) is 3. The first-order chi connectivity index (χ1) is 10.3. The van der Waals surface area contributed by atoms with Crippen LogP contribution in [0.25, 0.3) is 10.8 Å². The van der Waals surface area contributed by atoms with Crippen molar-refractivity contribution in [3.05, 3.63) is 71.0 Å². The van der Waals surface area contributed by atoms with Gasteiger partial charge in [-0.1, -0.05) is 40.2 Å². The van der Waals surface area contributed by atoms with Crippen molar-refractivity contribution in [2.75, 3.05) is 5.32 Å². The largest absolute Gasteiger partial charge is 0.366 e. The molecule has 0 aliphatic heterocycles. The minimum atomic E-state index is -0.440. The van der Waals surface area contributed by atoms with Gasteiger partial charge in [0, 0.05) is 33.5 Å². The third kappa shape index (κ3) is 2.88. The fourth-order valence-electron chi connectivity index (χ4n) is 2.26. The Balaban J connectivity index is 1.99. The zero-order valence-electron chi connectivity index (χ0n) is 11.1. The van der Waals surface area contributed by atoms with Gasteiger partial charge in [0.2, 0.25) is 0 Å². The van der Waals surface area contributed by atoms with Crippen molar-refractivity contribution < 1.29 is 0 Å². The van der Waals surface area contributed by atoms with E-state index in [2.05, 4.69) is 32.3 Å². The molecule has 1 atom stereocenters. The maximum atomic E-state index is 9.51. The Hall–Kier alpha value is -2.38. The Labute approximate surface area is 131 Å². The highest BCUT2D eigenvalue weighted by Gasteiger charge is 2.13. The molecule has 4 heteroatoms. The lowest BCUT2D eigenvalue weighted by Crippen LogP contribution is -2.09. The molecule has 0 saturated carbocycles. The van der Waals surface area contributed by atoms with Crippen LogP contribution in [0.1, 0.15) is 11.6 Å². The summed E-state index contributed by atoms with van der Waals surface area (Å²) in [7, 11) is 0. The summed E-state index contributed by atoms with van der Waals surface area (Å²) >= 11 is 3.40. The topological polar surface area (TPSA) is 48.7 Å². The van der Waals surface area contributed by atoms with Crippen LogP contribution in [0.3, 0.4) is 0 Å². The van der Waals surface area contributed by atoms with Gasteiger partial charge in [-0.2, -0.15) is 5.26 Å². The normalized spacial score (nSPS) is 11.8. The minimum absolute atomic E-state index is 0.440. The molecule has 3 nitrogen and oxygen atoms in total. The first-order valence-electron chi connectivity index (χ1n) is 6.52. The van der Waals surface area contributed by atoms with E-state index in [1.54, 1.807) is 6.20 Å². The third-order valence-electron chi connectivity index (χ3n) is 3.29. The van der Waals surface area contributed by atoms with Crippen molar-refractivity contribution in [3.63, 3.8) is 0 Å². The van der Waals surface area contributed by atoms with Crippen LogP contribution in [0, 0.1) is 11.3 Å². The van der Waals surface area contributed by atoms with Gasteiger partial charge in [-0.05, 0) is 29.7 Å². The highest BCUT2D eigenvalue weighted by atomic mass is 79.9. The first-order valence-corrected chi connectivity index (χ1v) is 7.31. The smallest absolute Gasteiger partial charge is 0.142 e. The van der Waals surface area contributed by atoms with Crippen molar-refractivity contribution in [1.29, 1.82) is 5.26 Å². The molecule has 0 aliphatic carbocycles. The highest BCUT2D eigenvalue weighted by molar-refractivity contribution is 9.10. The summed E-state index contributed by atoms with van der Waals surface area (Å²) in [5.41, 5.74) is 1.79. The quantitative estimate of drug-likeness (QED) is 0.755. The monoisotopic (exact) mass is 337 g/mol. The summed E-state index contributed by atoms with van der Waals surface area (Å²) in [4.78, 5) is 4.24. The molecule has 3 rings (SSSR count). The van der Waals surface area contributed by atoms with Gasteiger partial charge in [0.1, 0.15) is 6.04 Å². The van der Waals surface area contributed by atoms with E-state index in [1.165, 1.54) is 0 Å². The van der Waals surface area contributed by atoms with Crippen LogP contribution in [-0.2, 0) is 0 Å². The van der Waals surface area contributed by atoms with Crippen molar-refractivity contribution in [2.24, 2.45) is 0 Å². The van der Waals surface area contributed by atoms with Crippen LogP contribution in [0.4, 0.5) is 5.69 Å². The second kappa shape index (κ2) is 5.94. The van der Waals surface area contributed by atoms with E-state index in [-0.39, 0.29) is 0 Å². The number of rotatable bonds is 3. The van der Waals surface area contributed by atoms with Gasteiger partial charge in [0.05, 0.1) is 6.07 Å². The average Bonchev–Trinajstić information content (AvgIpc) is 2.54. The molecule has 0 radical (unpaired) electrons. The van der Waals surface area contributed by atoms with Crippen molar-refractivity contribution in [3.8, 4) is 6.07 Å². The number of nitrogens with one attached hydrogen (secondary N) is 1. The number of aromatic nitrogens is 1. The number of nitrogens with zero attached hydrogens (tertiary/aromatic N) is 2. The molecule has 102 valence electrons. The zero-order chi connectivity index (χ0) is 14.7. The Morgan fingerprint density at radius 1 is 1.05 bits per heavy atom. The van der Waals surface area contributed by atoms with Crippen LogP contribution in [0.5, 0.6) is 0 Å². The number of nitriles is 1. The molecule has 0 bridgehead atoms. The van der Waals surface area contributed by atoms with Crippen molar-refractivity contribution in [2.45, 2.75) is 6.04 Å². The average molecular weight is 338 g/mol. The predicted molar refractivity (Wildman–Crippen MR) is 87.9 cm³/mol. The van der Waals surface area contributed by atoms with E-state index in [1.807, 2.05) is 54.7 Å². The second-order valence-corrected chi connectivity index (χ2v) is 5.58. The van der Waals surface area contributed by atoms with Gasteiger partial charge < -0.3 is 5.32 Å². The maximum absolute atomic E-state index is 9.51. The molecular weight excluding hydrogens is 326 g/mol. The molecule has 21 heavy (non-hydrogen) atoms. The molecule has 2 aromatic carbocycles. The van der Waals surface area contributed by atoms with E-state index in [0.29, 0.717) is 0 Å². The second-order valence-electron chi connectivity index (χ2n) is 4.66. The van der Waals surface area contributed by atoms with Crippen LogP contribution >= 0.6 is 15.9 Å². The Morgan fingerprint density at radius 2 is 1.81 bits per heavy atom. The van der Waals surface area contributed by atoms with Crippen LogP contribution < -0.4 is 5.32 Å². The van der Waals surface area contributed by atoms with Crippen LogP contribution in [0.15, 0.2) is 65.4 Å². The molecule has 0 fully saturated rings. The maximum Gasteiger partial charge on any atom is 0.142 e. The summed E-state index contributed by atoms with van der Waals surface area (Å²) in [5, 5.41) is 14.8. The molecule has 1 unspecified atom stereocenters. The molecule has 1 aromatic heterocycles. The number of halogens is 1. The van der Waals surface area contributed by atoms with Gasteiger partial charge in [-0.25, -0.2) is 0 Å². The lowest BCUT2D eigenvalue weighted by Gasteiger charge is -2.15. The highest BCUT2D eigenvalue weighted by Crippen LogP contribution is 2.26. The van der Waals surface area contributed by atoms with Gasteiger partial charge in [-0.15, -0.1) is 0 Å². The lowest BCUT2D eigenvalue weighted by molar-refractivity contribution is 0.997. The van der Waals surface area contributed by atoms with Crippen molar-refractivity contribution in [1.82, 2.24) is 4.98 Å². The zero-order valence-corrected chi connectivity index (χ0v) is 12.7. The number of fused-ring (bicyclic) bond motifs is 1. The fraction of sp³-hybridized carbons (Fsp3) is 0.0588. The number of hydrogen-bond donors (Lipinski definition) is 1. The molecule has 3 aromatic rings. The molecule has 0 saturated heterocycles. The minimum Gasteiger partial charge on any atom is -0.366 e. The van der Waals surface area contributed by atoms with Gasteiger partial charge in [-0.3, -0.25) is 4.98 Å². The standard InChI is InChI=1S/C17H12BrN3/c18-13-5-7-14(8-6-13)21-17(9-19)16-11-20-10-12-3-1-2-4-15(12)16/h1-8,10-11,17,21H. The van der Waals surface area contributed by atoms with Gasteiger partial charge in [0.25, 0.3) is 0 Å². The van der Waals surface area contributed by atoms with Crippen LogP contribution in [-0.4, -0.2) is 4.98 Å². The van der Waals surface area contributed by atoms with Crippen molar-refractivity contribution >= 4 is 32.4 Å². The Kier molecular flexibility index (Phi) is 3.85. The van der Waals surface area contributed by atoms with Gasteiger partial charge >= 0.3 is 0 Å². The fourth-order valence-corrected chi connectivity index (χ4v) is 2.53. The predicted octanol–water partition coefficient (Wildman–Crippen LogP) is 4.67. The van der Waals surface area contributed by atoms with E-state index in [4.69, 9.17) is 0 Å². The summed E-state index contributed by atoms with van der Waals surface area (Å²) in [6.07, 6.45) is 3.56. The number of benzene rings is 2. The summed E-state index contributed by atoms with van der Waals surface area (Å²) < 4.78 is 1.01. The molecular formula is C17H12BrN3. The summed E-state index contributed by atoms with van der Waals surface area (Å²) in [5.74, 6) is 0. The Bertz CT molecular complexity index is 801. The molecule has 0 aliphatic rings. The number of pyridine rings is 1. The Morgan fingerprint density at radius 3 is 2.57 bits per heavy atom. The third-order valence-corrected chi connectivity index (χ3v) is 3.82. The summed E-state index contributed by atoms with van der Waals surface area (Å²) in [6, 6.07) is 17.6. The molecule has 0 spiro atoms. The van der Waals surface area contributed by atoms with E-state index in [9.17, 15) is 5.26 Å². The SMILES string of the molecule is N#CC(Nc1ccc(Br)cc1)c1cncc2ccccc12. The lowest BCUT2D eigenvalue weighted by atomic mass is 10.0. The van der Waals surface area contributed by atoms with E-state index in [0.717, 1.165) is 26.5 Å². The van der Waals surface area contributed by atoms with Crippen LogP contribution in [0.2, 0.25) is 0 Å². The van der Waals surface area contributed by atoms with E-state index >= 15 is 0 Å². The molecule has 1 N–H and O–H groups in total. The van der Waals surface area contributed by atoms with Gasteiger partial charge in [0.15, 0.2) is 0 Å². The summed E-state index contributed by atoms with van der Waals surface area (Å²) in [6.45, 7) is 0. The molecule has 1 heterocycles.